The highest BCUT2D eigenvalue weighted by Crippen LogP contribution is 2.44. The number of benzene rings is 2. The number of ether oxygens (including phenoxy) is 1. The molecule has 2 aromatic rings. The number of aliphatic carboxylic acids is 1. The van der Waals surface area contributed by atoms with E-state index in [1.54, 1.807) is 11.8 Å². The van der Waals surface area contributed by atoms with E-state index in [2.05, 4.69) is 29.6 Å². The van der Waals surface area contributed by atoms with Crippen LogP contribution in [0, 0.1) is 23.7 Å². The van der Waals surface area contributed by atoms with Crippen LogP contribution in [0.4, 0.5) is 4.79 Å². The summed E-state index contributed by atoms with van der Waals surface area (Å²) in [6, 6.07) is 15.9. The zero-order chi connectivity index (χ0) is 25.3. The maximum atomic E-state index is 13.3. The van der Waals surface area contributed by atoms with Crippen molar-refractivity contribution in [3.8, 4) is 11.1 Å². The zero-order valence-electron chi connectivity index (χ0n) is 20.7. The lowest BCUT2D eigenvalue weighted by Gasteiger charge is -2.31. The van der Waals surface area contributed by atoms with E-state index < -0.39 is 29.9 Å². The van der Waals surface area contributed by atoms with E-state index in [1.807, 2.05) is 45.0 Å². The van der Waals surface area contributed by atoms with Gasteiger partial charge in [-0.2, -0.15) is 0 Å². The van der Waals surface area contributed by atoms with Gasteiger partial charge in [0.05, 0.1) is 11.8 Å². The summed E-state index contributed by atoms with van der Waals surface area (Å²) in [6.07, 6.45) is -0.559. The zero-order valence-corrected chi connectivity index (χ0v) is 20.7. The molecule has 1 heterocycles. The Hall–Kier alpha value is -3.35. The molecule has 2 N–H and O–H groups in total. The van der Waals surface area contributed by atoms with Gasteiger partial charge >= 0.3 is 12.1 Å². The number of nitrogens with zero attached hydrogens (tertiary/aromatic N) is 1. The fourth-order valence-corrected chi connectivity index (χ4v) is 5.67. The van der Waals surface area contributed by atoms with Gasteiger partial charge in [0.15, 0.2) is 0 Å². The first kappa shape index (κ1) is 24.8. The lowest BCUT2D eigenvalue weighted by Crippen LogP contribution is -2.48. The summed E-state index contributed by atoms with van der Waals surface area (Å²) < 4.78 is 5.66. The number of amides is 2. The smallest absolute Gasteiger partial charge is 0.407 e. The Kier molecular flexibility index (Phi) is 7.15. The molecule has 2 unspecified atom stereocenters. The first-order chi connectivity index (χ1) is 16.7. The predicted molar refractivity (Wildman–Crippen MR) is 133 cm³/mol. The molecule has 0 saturated carbocycles. The van der Waals surface area contributed by atoms with Crippen molar-refractivity contribution in [3.05, 3.63) is 59.7 Å². The van der Waals surface area contributed by atoms with Crippen molar-refractivity contribution < 1.29 is 24.2 Å². The summed E-state index contributed by atoms with van der Waals surface area (Å²) in [5, 5.41) is 12.3. The van der Waals surface area contributed by atoms with Crippen molar-refractivity contribution in [2.24, 2.45) is 23.7 Å². The lowest BCUT2D eigenvalue weighted by molar-refractivity contribution is -0.142. The Morgan fingerprint density at radius 1 is 1.00 bits per heavy atom. The van der Waals surface area contributed by atoms with Crippen LogP contribution in [0.1, 0.15) is 44.7 Å². The third kappa shape index (κ3) is 4.90. The average molecular weight is 479 g/mol. The second kappa shape index (κ2) is 10.1. The molecule has 0 radical (unpaired) electrons. The van der Waals surface area contributed by atoms with E-state index in [4.69, 9.17) is 4.74 Å². The van der Waals surface area contributed by atoms with Crippen LogP contribution in [0.15, 0.2) is 48.5 Å². The van der Waals surface area contributed by atoms with Gasteiger partial charge in [0.1, 0.15) is 6.61 Å². The Balaban J connectivity index is 1.39. The molecule has 1 aliphatic heterocycles. The van der Waals surface area contributed by atoms with E-state index in [0.717, 1.165) is 22.3 Å². The van der Waals surface area contributed by atoms with Crippen molar-refractivity contribution in [1.82, 2.24) is 10.2 Å². The SMILES string of the molecule is CC(C)C(C(=O)N1C[C@@H](C)[C@H](C(=O)O)C1)C(C)NC(=O)OCC1c2ccccc2-c2ccccc21. The Morgan fingerprint density at radius 3 is 2.09 bits per heavy atom. The van der Waals surface area contributed by atoms with Gasteiger partial charge in [-0.3, -0.25) is 9.59 Å². The molecule has 4 atom stereocenters. The number of carboxylic acids is 1. The van der Waals surface area contributed by atoms with Crippen LogP contribution < -0.4 is 5.32 Å². The van der Waals surface area contributed by atoms with E-state index in [9.17, 15) is 19.5 Å². The second-order valence-electron chi connectivity index (χ2n) is 10.2. The van der Waals surface area contributed by atoms with Gasteiger partial charge in [-0.25, -0.2) is 4.79 Å². The van der Waals surface area contributed by atoms with Crippen LogP contribution in [-0.2, 0) is 14.3 Å². The molecule has 4 rings (SSSR count). The number of hydrogen-bond acceptors (Lipinski definition) is 4. The summed E-state index contributed by atoms with van der Waals surface area (Å²) in [5.41, 5.74) is 4.60. The highest BCUT2D eigenvalue weighted by molar-refractivity contribution is 5.83. The van der Waals surface area contributed by atoms with Crippen LogP contribution in [0.2, 0.25) is 0 Å². The minimum atomic E-state index is -0.876. The first-order valence-electron chi connectivity index (χ1n) is 12.3. The number of fused-ring (bicyclic) bond motifs is 3. The van der Waals surface area contributed by atoms with E-state index >= 15 is 0 Å². The number of alkyl carbamates (subject to hydrolysis) is 1. The Morgan fingerprint density at radius 2 is 1.57 bits per heavy atom. The van der Waals surface area contributed by atoms with Gasteiger partial charge in [-0.1, -0.05) is 69.3 Å². The molecule has 35 heavy (non-hydrogen) atoms. The monoisotopic (exact) mass is 478 g/mol. The molecule has 0 aromatic heterocycles. The number of rotatable bonds is 7. The molecular weight excluding hydrogens is 444 g/mol. The number of carbonyl (C=O) groups excluding carboxylic acids is 2. The Labute approximate surface area is 206 Å². The molecule has 1 saturated heterocycles. The molecular formula is C28H34N2O5. The van der Waals surface area contributed by atoms with Crippen LogP contribution in [0.3, 0.4) is 0 Å². The molecule has 2 aliphatic rings. The van der Waals surface area contributed by atoms with Gasteiger partial charge < -0.3 is 20.1 Å². The summed E-state index contributed by atoms with van der Waals surface area (Å²) in [7, 11) is 0. The quantitative estimate of drug-likeness (QED) is 0.616. The summed E-state index contributed by atoms with van der Waals surface area (Å²) in [5.74, 6) is -2.21. The molecule has 0 bridgehead atoms. The van der Waals surface area contributed by atoms with Crippen molar-refractivity contribution in [2.45, 2.75) is 39.7 Å². The van der Waals surface area contributed by atoms with Gasteiger partial charge in [-0.15, -0.1) is 0 Å². The van der Waals surface area contributed by atoms with Gasteiger partial charge in [0, 0.05) is 25.0 Å². The normalized spacial score (nSPS) is 20.8. The molecule has 186 valence electrons. The molecule has 7 nitrogen and oxygen atoms in total. The summed E-state index contributed by atoms with van der Waals surface area (Å²) in [4.78, 5) is 39.2. The third-order valence-corrected chi connectivity index (χ3v) is 7.47. The molecule has 1 fully saturated rings. The number of carboxylic acid groups (broad SMARTS) is 1. The van der Waals surface area contributed by atoms with Crippen molar-refractivity contribution >= 4 is 18.0 Å². The molecule has 1 aliphatic carbocycles. The molecule has 7 heteroatoms. The summed E-state index contributed by atoms with van der Waals surface area (Å²) >= 11 is 0. The Bertz CT molecular complexity index is 1070. The molecule has 0 spiro atoms. The maximum absolute atomic E-state index is 13.3. The van der Waals surface area contributed by atoms with Crippen molar-refractivity contribution in [3.63, 3.8) is 0 Å². The highest BCUT2D eigenvalue weighted by Gasteiger charge is 2.41. The van der Waals surface area contributed by atoms with E-state index in [1.165, 1.54) is 0 Å². The second-order valence-corrected chi connectivity index (χ2v) is 10.2. The van der Waals surface area contributed by atoms with E-state index in [-0.39, 0.29) is 36.8 Å². The first-order valence-corrected chi connectivity index (χ1v) is 12.3. The number of hydrogen-bond donors (Lipinski definition) is 2. The van der Waals surface area contributed by atoms with Crippen LogP contribution in [-0.4, -0.2) is 53.7 Å². The number of likely N-dealkylation sites (tertiary alicyclic amines) is 1. The van der Waals surface area contributed by atoms with Crippen LogP contribution in [0.5, 0.6) is 0 Å². The lowest BCUT2D eigenvalue weighted by atomic mass is 9.88. The average Bonchev–Trinajstić information content (AvgIpc) is 3.36. The maximum Gasteiger partial charge on any atom is 0.407 e. The van der Waals surface area contributed by atoms with Crippen LogP contribution in [0.25, 0.3) is 11.1 Å². The van der Waals surface area contributed by atoms with E-state index in [0.29, 0.717) is 6.54 Å². The topological polar surface area (TPSA) is 95.9 Å². The van der Waals surface area contributed by atoms with Crippen LogP contribution >= 0.6 is 0 Å². The largest absolute Gasteiger partial charge is 0.481 e. The number of nitrogens with one attached hydrogen (secondary N) is 1. The van der Waals surface area contributed by atoms with Gasteiger partial charge in [-0.05, 0) is 41.0 Å². The molecule has 2 aromatic carbocycles. The van der Waals surface area contributed by atoms with Crippen molar-refractivity contribution in [2.75, 3.05) is 19.7 Å². The van der Waals surface area contributed by atoms with Crippen molar-refractivity contribution in [1.29, 1.82) is 0 Å². The minimum absolute atomic E-state index is 0.0365. The van der Waals surface area contributed by atoms with Gasteiger partial charge in [0.2, 0.25) is 5.91 Å². The summed E-state index contributed by atoms with van der Waals surface area (Å²) in [6.45, 7) is 8.36. The fourth-order valence-electron chi connectivity index (χ4n) is 5.67. The third-order valence-electron chi connectivity index (χ3n) is 7.47. The highest BCUT2D eigenvalue weighted by atomic mass is 16.5. The molecule has 2 amide bonds. The van der Waals surface area contributed by atoms with Gasteiger partial charge in [0.25, 0.3) is 0 Å². The minimum Gasteiger partial charge on any atom is -0.481 e. The predicted octanol–water partition coefficient (Wildman–Crippen LogP) is 4.36. The fraction of sp³-hybridized carbons (Fsp3) is 0.464. The standard InChI is InChI=1S/C28H34N2O5/c1-16(2)25(26(31)30-13-17(3)23(14-30)27(32)33)18(4)29-28(34)35-15-24-21-11-7-5-9-19(21)20-10-6-8-12-22(20)24/h5-12,16-18,23-25H,13-15H2,1-4H3,(H,29,34)(H,32,33)/t17-,18?,23-,25?/m1/s1. The number of carbonyl (C=O) groups is 3.